The number of hydrogen-bond acceptors (Lipinski definition) is 9. The van der Waals surface area contributed by atoms with Crippen LogP contribution < -0.4 is 15.5 Å². The number of carbonyl (C=O) groups excluding carboxylic acids is 1. The van der Waals surface area contributed by atoms with Gasteiger partial charge < -0.3 is 20.4 Å². The summed E-state index contributed by atoms with van der Waals surface area (Å²) >= 11 is 0.747. The second kappa shape index (κ2) is 9.63. The van der Waals surface area contributed by atoms with Gasteiger partial charge in [0.1, 0.15) is 10.4 Å². The number of aromatic nitrogens is 2. The number of hydrogen-bond donors (Lipinski definition) is 2. The number of rotatable bonds is 6. The molecule has 0 spiro atoms. The van der Waals surface area contributed by atoms with Gasteiger partial charge in [-0.25, -0.2) is 18.4 Å². The second-order valence-corrected chi connectivity index (χ2v) is 15.3. The number of benzene rings is 1. The van der Waals surface area contributed by atoms with E-state index in [2.05, 4.69) is 31.6 Å². The molecule has 2 bridgehead atoms. The number of alkyl halides is 3. The number of sulfone groups is 1. The first-order chi connectivity index (χ1) is 20.5. The summed E-state index contributed by atoms with van der Waals surface area (Å²) in [4.78, 5) is 25.2. The van der Waals surface area contributed by atoms with E-state index in [1.54, 1.807) is 0 Å². The van der Waals surface area contributed by atoms with Crippen LogP contribution in [0.25, 0.3) is 10.6 Å². The Labute approximate surface area is 250 Å². The molecule has 2 aliphatic carbocycles. The molecule has 2 atom stereocenters. The monoisotopic (exact) mass is 630 g/mol. The van der Waals surface area contributed by atoms with E-state index < -0.39 is 33.2 Å². The second-order valence-electron chi connectivity index (χ2n) is 12.2. The van der Waals surface area contributed by atoms with E-state index in [4.69, 9.17) is 0 Å². The summed E-state index contributed by atoms with van der Waals surface area (Å²) in [5.74, 6) is -0.395. The molecule has 3 aromatic rings. The fraction of sp³-hybridized carbons (Fsp3) is 0.483. The molecule has 2 N–H and O–H groups in total. The molecule has 226 valence electrons. The molecular weight excluding hydrogens is 601 g/mol. The maximum Gasteiger partial charge on any atom is 0.420 e. The maximum atomic E-state index is 14.2. The van der Waals surface area contributed by atoms with E-state index in [1.165, 1.54) is 17.4 Å². The third kappa shape index (κ3) is 4.96. The summed E-state index contributed by atoms with van der Waals surface area (Å²) in [5, 5.41) is 6.69. The number of thiophene rings is 1. The van der Waals surface area contributed by atoms with Gasteiger partial charge in [-0.3, -0.25) is 4.79 Å². The summed E-state index contributed by atoms with van der Waals surface area (Å²) in [7, 11) is -3.87. The van der Waals surface area contributed by atoms with Crippen molar-refractivity contribution in [3.05, 3.63) is 46.5 Å². The molecule has 3 saturated heterocycles. The van der Waals surface area contributed by atoms with Gasteiger partial charge in [0.2, 0.25) is 5.95 Å². The van der Waals surface area contributed by atoms with Crippen molar-refractivity contribution in [3.63, 3.8) is 0 Å². The molecule has 1 aromatic carbocycles. The minimum absolute atomic E-state index is 0.0240. The molecule has 2 unspecified atom stereocenters. The highest BCUT2D eigenvalue weighted by atomic mass is 32.2. The molecule has 6 heterocycles. The average molecular weight is 631 g/mol. The molecule has 9 nitrogen and oxygen atoms in total. The van der Waals surface area contributed by atoms with Gasteiger partial charge in [0, 0.05) is 55.3 Å². The highest BCUT2D eigenvalue weighted by molar-refractivity contribution is 7.91. The Balaban J connectivity index is 1.16. The zero-order valence-electron chi connectivity index (χ0n) is 23.0. The minimum atomic E-state index is -4.79. The number of nitrogens with one attached hydrogen (secondary N) is 2. The van der Waals surface area contributed by atoms with Gasteiger partial charge in [0.25, 0.3) is 5.91 Å². The minimum Gasteiger partial charge on any atom is -0.368 e. The van der Waals surface area contributed by atoms with Crippen LogP contribution >= 0.6 is 11.3 Å². The predicted octanol–water partition coefficient (Wildman–Crippen LogP) is 4.79. The summed E-state index contributed by atoms with van der Waals surface area (Å²) in [5.41, 5.74) is 1.40. The van der Waals surface area contributed by atoms with Crippen LogP contribution in [0.4, 0.5) is 30.5 Å². The Morgan fingerprint density at radius 2 is 1.81 bits per heavy atom. The number of nitrogens with zero attached hydrogens (tertiary/aromatic N) is 4. The number of piperidine rings is 1. The molecule has 0 radical (unpaired) electrons. The first-order valence-electron chi connectivity index (χ1n) is 14.6. The van der Waals surface area contributed by atoms with Crippen LogP contribution in [-0.4, -0.2) is 72.7 Å². The summed E-state index contributed by atoms with van der Waals surface area (Å²) in [6.45, 7) is 1.97. The first kappa shape index (κ1) is 27.3. The highest BCUT2D eigenvalue weighted by Gasteiger charge is 2.42. The van der Waals surface area contributed by atoms with Gasteiger partial charge >= 0.3 is 6.18 Å². The third-order valence-electron chi connectivity index (χ3n) is 8.99. The molecule has 2 aromatic heterocycles. The molecular formula is C29H29F3N6O3S2. The van der Waals surface area contributed by atoms with Gasteiger partial charge in [0.05, 0.1) is 21.2 Å². The predicted molar refractivity (Wildman–Crippen MR) is 156 cm³/mol. The Morgan fingerprint density at radius 3 is 2.49 bits per heavy atom. The number of fused-ring (bicyclic) bond motifs is 3. The normalized spacial score (nSPS) is 24.8. The molecule has 1 amide bonds. The lowest BCUT2D eigenvalue weighted by molar-refractivity contribution is -0.137. The van der Waals surface area contributed by atoms with Gasteiger partial charge in [0.15, 0.2) is 9.84 Å². The molecule has 2 saturated carbocycles. The zero-order valence-corrected chi connectivity index (χ0v) is 24.7. The van der Waals surface area contributed by atoms with Gasteiger partial charge in [-0.2, -0.15) is 13.2 Å². The smallest absolute Gasteiger partial charge is 0.368 e. The van der Waals surface area contributed by atoms with E-state index in [0.717, 1.165) is 73.2 Å². The zero-order chi connectivity index (χ0) is 29.7. The van der Waals surface area contributed by atoms with Crippen molar-refractivity contribution >= 4 is 44.4 Å². The fourth-order valence-corrected chi connectivity index (χ4v) is 9.36. The number of halogens is 3. The van der Waals surface area contributed by atoms with Crippen molar-refractivity contribution in [1.82, 2.24) is 20.2 Å². The number of anilines is 3. The number of amides is 1. The molecule has 9 rings (SSSR count). The van der Waals surface area contributed by atoms with E-state index in [9.17, 15) is 26.4 Å². The highest BCUT2D eigenvalue weighted by Crippen LogP contribution is 2.47. The van der Waals surface area contributed by atoms with Gasteiger partial charge in [-0.15, -0.1) is 11.3 Å². The van der Waals surface area contributed by atoms with Crippen LogP contribution in [0.15, 0.2) is 35.4 Å². The van der Waals surface area contributed by atoms with Crippen LogP contribution in [0, 0.1) is 0 Å². The van der Waals surface area contributed by atoms with Crippen LogP contribution in [0.3, 0.4) is 0 Å². The third-order valence-corrected chi connectivity index (χ3v) is 12.0. The molecule has 43 heavy (non-hydrogen) atoms. The topological polar surface area (TPSA) is 108 Å². The van der Waals surface area contributed by atoms with Crippen molar-refractivity contribution in [3.8, 4) is 10.6 Å². The summed E-state index contributed by atoms with van der Waals surface area (Å²) in [6.07, 6.45) is 0.780. The van der Waals surface area contributed by atoms with Crippen LogP contribution in [0.5, 0.6) is 0 Å². The Morgan fingerprint density at radius 1 is 1.07 bits per heavy atom. The number of piperazine rings is 1. The first-order valence-corrected chi connectivity index (χ1v) is 17.0. The molecule has 14 heteroatoms. The van der Waals surface area contributed by atoms with Gasteiger partial charge in [-0.1, -0.05) is 0 Å². The lowest BCUT2D eigenvalue weighted by Gasteiger charge is -2.49. The molecule has 5 fully saturated rings. The summed E-state index contributed by atoms with van der Waals surface area (Å²) < 4.78 is 68.7. The van der Waals surface area contributed by atoms with Crippen molar-refractivity contribution in [1.29, 1.82) is 0 Å². The van der Waals surface area contributed by atoms with E-state index >= 15 is 0 Å². The van der Waals surface area contributed by atoms with Crippen molar-refractivity contribution in [2.24, 2.45) is 0 Å². The standard InChI is InChI=1S/C29H29F3N6O3S2/c30-29(31,32)21-12-33-28(35-22-6-5-19(10-20(22)15-1-2-15)37-13-16-9-17(14-37)34-16)36-25(21)23-11-24-26(42-23)27(39)38(18-3-4-18)7-8-43(24,40)41/h5-6,10-12,15-18,34H,1-4,7-9,13-14H2,(H,33,35,36). The van der Waals surface area contributed by atoms with Crippen LogP contribution in [-0.2, 0) is 16.0 Å². The lowest BCUT2D eigenvalue weighted by atomic mass is 9.90. The SMILES string of the molecule is O=C1c2sc(-c3nc(Nc4ccc(N5CC6CC(C5)N6)cc4C4CC4)ncc3C(F)(F)F)cc2S(=O)(=O)CCN1C1CC1. The fourth-order valence-electron chi connectivity index (χ4n) is 6.44. The van der Waals surface area contributed by atoms with Crippen molar-refractivity contribution in [2.45, 2.75) is 67.2 Å². The summed E-state index contributed by atoms with van der Waals surface area (Å²) in [6, 6.07) is 8.28. The Hall–Kier alpha value is -3.23. The quantitative estimate of drug-likeness (QED) is 0.401. The number of carbonyl (C=O) groups is 1. The molecule has 4 aliphatic heterocycles. The Kier molecular flexibility index (Phi) is 6.12. The maximum absolute atomic E-state index is 14.2. The van der Waals surface area contributed by atoms with E-state index in [0.29, 0.717) is 18.0 Å². The lowest BCUT2D eigenvalue weighted by Crippen LogP contribution is -2.67. The van der Waals surface area contributed by atoms with Crippen molar-refractivity contribution < 1.29 is 26.4 Å². The van der Waals surface area contributed by atoms with Crippen LogP contribution in [0.2, 0.25) is 0 Å². The average Bonchev–Trinajstić information content (AvgIpc) is 3.90. The van der Waals surface area contributed by atoms with E-state index in [1.807, 2.05) is 12.1 Å². The largest absolute Gasteiger partial charge is 0.420 e. The van der Waals surface area contributed by atoms with Gasteiger partial charge in [-0.05, 0) is 67.9 Å². The van der Waals surface area contributed by atoms with Crippen LogP contribution in [0.1, 0.15) is 58.8 Å². The molecule has 6 aliphatic rings. The van der Waals surface area contributed by atoms with E-state index in [-0.39, 0.29) is 38.9 Å². The Bertz CT molecular complexity index is 1740. The van der Waals surface area contributed by atoms with Crippen molar-refractivity contribution in [2.75, 3.05) is 35.6 Å².